The first kappa shape index (κ1) is 31.4. The third-order valence-electron chi connectivity index (χ3n) is 10.1. The molecule has 8 heteroatoms. The van der Waals surface area contributed by atoms with E-state index in [2.05, 4.69) is 98.7 Å². The number of piperidine rings is 1. The summed E-state index contributed by atoms with van der Waals surface area (Å²) >= 11 is 0. The second kappa shape index (κ2) is 12.6. The van der Waals surface area contributed by atoms with Crippen molar-refractivity contribution in [1.82, 2.24) is 10.1 Å². The van der Waals surface area contributed by atoms with E-state index in [9.17, 15) is 9.90 Å². The van der Waals surface area contributed by atoms with Crippen LogP contribution in [0.3, 0.4) is 0 Å². The summed E-state index contributed by atoms with van der Waals surface area (Å²) in [5, 5.41) is 17.2. The van der Waals surface area contributed by atoms with E-state index >= 15 is 0 Å². The predicted octanol–water partition coefficient (Wildman–Crippen LogP) is 7.19. The van der Waals surface area contributed by atoms with Crippen molar-refractivity contribution in [1.29, 1.82) is 0 Å². The maximum atomic E-state index is 11.2. The van der Waals surface area contributed by atoms with Crippen LogP contribution in [0.15, 0.2) is 77.3 Å². The lowest BCUT2D eigenvalue weighted by atomic mass is 9.91. The molecule has 7 nitrogen and oxygen atoms in total. The highest BCUT2D eigenvalue weighted by atomic mass is 28.4. The number of fused-ring (bicyclic) bond motifs is 1. The molecule has 1 aromatic heterocycles. The molecule has 1 aliphatic carbocycles. The number of rotatable bonds is 11. The van der Waals surface area contributed by atoms with Crippen LogP contribution in [0.2, 0.25) is 5.04 Å². The number of carboxylic acid groups (broad SMARTS) is 1. The SMILES string of the molecule is Cc1c(OCC2(CO[Si](c3ccccc3)(c3ccccc3)C(C)(C)C)CC2)ccc2c(CCC3CCN(C(=O)O)CC3)noc12. The predicted molar refractivity (Wildman–Crippen MR) is 180 cm³/mol. The lowest BCUT2D eigenvalue weighted by molar-refractivity contribution is 0.123. The Morgan fingerprint density at radius 3 is 2.16 bits per heavy atom. The Kier molecular flexibility index (Phi) is 8.81. The second-order valence-corrected chi connectivity index (χ2v) is 18.5. The zero-order valence-electron chi connectivity index (χ0n) is 27.1. The van der Waals surface area contributed by atoms with Gasteiger partial charge in [-0.15, -0.1) is 0 Å². The average molecular weight is 627 g/mol. The Morgan fingerprint density at radius 2 is 1.60 bits per heavy atom. The van der Waals surface area contributed by atoms with Crippen molar-refractivity contribution in [3.8, 4) is 5.75 Å². The molecule has 0 radical (unpaired) electrons. The van der Waals surface area contributed by atoms with Gasteiger partial charge in [-0.2, -0.15) is 0 Å². The van der Waals surface area contributed by atoms with Gasteiger partial charge in [0.25, 0.3) is 8.32 Å². The monoisotopic (exact) mass is 626 g/mol. The highest BCUT2D eigenvalue weighted by molar-refractivity contribution is 6.99. The Balaban J connectivity index is 1.13. The van der Waals surface area contributed by atoms with E-state index in [0.717, 1.165) is 66.5 Å². The molecule has 2 heterocycles. The smallest absolute Gasteiger partial charge is 0.407 e. The highest BCUT2D eigenvalue weighted by Gasteiger charge is 2.53. The average Bonchev–Trinajstić information content (AvgIpc) is 3.69. The summed E-state index contributed by atoms with van der Waals surface area (Å²) < 4.78 is 19.7. The summed E-state index contributed by atoms with van der Waals surface area (Å²) in [4.78, 5) is 12.7. The molecule has 1 saturated heterocycles. The van der Waals surface area contributed by atoms with Crippen LogP contribution in [0.5, 0.6) is 5.75 Å². The molecule has 0 bridgehead atoms. The van der Waals surface area contributed by atoms with E-state index in [1.54, 1.807) is 0 Å². The van der Waals surface area contributed by atoms with Gasteiger partial charge in [0, 0.05) is 36.1 Å². The highest BCUT2D eigenvalue weighted by Crippen LogP contribution is 2.48. The van der Waals surface area contributed by atoms with Gasteiger partial charge in [-0.3, -0.25) is 0 Å². The number of ether oxygens (including phenoxy) is 1. The van der Waals surface area contributed by atoms with Gasteiger partial charge in [-0.25, -0.2) is 4.79 Å². The van der Waals surface area contributed by atoms with Crippen molar-refractivity contribution in [2.24, 2.45) is 11.3 Å². The number of benzene rings is 3. The number of aromatic nitrogens is 1. The summed E-state index contributed by atoms with van der Waals surface area (Å²) in [6.07, 6.45) is 4.98. The number of nitrogens with zero attached hydrogens (tertiary/aromatic N) is 2. The maximum absolute atomic E-state index is 11.2. The summed E-state index contributed by atoms with van der Waals surface area (Å²) in [6.45, 7) is 11.5. The fourth-order valence-electron chi connectivity index (χ4n) is 7.02. The molecule has 1 saturated carbocycles. The largest absolute Gasteiger partial charge is 0.493 e. The van der Waals surface area contributed by atoms with Crippen LogP contribution in [0.25, 0.3) is 11.0 Å². The number of hydrogen-bond acceptors (Lipinski definition) is 5. The third-order valence-corrected chi connectivity index (χ3v) is 15.1. The van der Waals surface area contributed by atoms with Gasteiger partial charge in [0.2, 0.25) is 0 Å². The van der Waals surface area contributed by atoms with Crippen LogP contribution < -0.4 is 15.1 Å². The fraction of sp³-hybridized carbons (Fsp3) is 0.459. The third kappa shape index (κ3) is 6.40. The molecule has 0 atom stereocenters. The van der Waals surface area contributed by atoms with Gasteiger partial charge in [-0.1, -0.05) is 86.6 Å². The maximum Gasteiger partial charge on any atom is 0.407 e. The normalized spacial score (nSPS) is 17.0. The van der Waals surface area contributed by atoms with E-state index in [1.165, 1.54) is 15.3 Å². The number of carbonyl (C=O) groups is 1. The molecule has 0 unspecified atom stereocenters. The van der Waals surface area contributed by atoms with Crippen molar-refractivity contribution in [3.05, 3.63) is 84.1 Å². The lowest BCUT2D eigenvalue weighted by Crippen LogP contribution is -2.67. The molecule has 1 amide bonds. The minimum atomic E-state index is -2.61. The first-order valence-electron chi connectivity index (χ1n) is 16.4. The molecular weight excluding hydrogens is 581 g/mol. The number of amides is 1. The van der Waals surface area contributed by atoms with Gasteiger partial charge in [0.1, 0.15) is 5.75 Å². The van der Waals surface area contributed by atoms with Crippen LogP contribution in [-0.2, 0) is 10.8 Å². The minimum Gasteiger partial charge on any atom is -0.493 e. The zero-order valence-corrected chi connectivity index (χ0v) is 28.1. The minimum absolute atomic E-state index is 0.00273. The number of aryl methyl sites for hydroxylation is 2. The standard InChI is InChI=1S/C37H46N2O5Si/c1-27-33(18-16-31-32(38-44-34(27)31)17-15-28-19-23-39(24-20-28)35(40)41)42-25-37(21-22-37)26-43-45(36(2,3)4,29-11-7-5-8-12-29)30-13-9-6-10-14-30/h5-14,16,18,28H,15,17,19-26H2,1-4H3,(H,40,41). The van der Waals surface area contributed by atoms with E-state index < -0.39 is 14.4 Å². The van der Waals surface area contributed by atoms with Gasteiger partial charge in [-0.05, 0) is 78.9 Å². The zero-order chi connectivity index (χ0) is 31.7. The van der Waals surface area contributed by atoms with Crippen LogP contribution in [0, 0.1) is 18.3 Å². The molecule has 45 heavy (non-hydrogen) atoms. The van der Waals surface area contributed by atoms with Gasteiger partial charge >= 0.3 is 6.09 Å². The van der Waals surface area contributed by atoms with E-state index in [-0.39, 0.29) is 10.5 Å². The first-order chi connectivity index (χ1) is 21.6. The van der Waals surface area contributed by atoms with Crippen LogP contribution in [0.4, 0.5) is 4.79 Å². The van der Waals surface area contributed by atoms with Crippen molar-refractivity contribution in [3.63, 3.8) is 0 Å². The van der Waals surface area contributed by atoms with Crippen molar-refractivity contribution >= 4 is 35.8 Å². The van der Waals surface area contributed by atoms with Crippen molar-refractivity contribution in [2.75, 3.05) is 26.3 Å². The molecule has 6 rings (SSSR count). The molecule has 2 fully saturated rings. The second-order valence-electron chi connectivity index (χ2n) is 14.2. The van der Waals surface area contributed by atoms with Gasteiger partial charge in [0.15, 0.2) is 5.58 Å². The summed E-state index contributed by atoms with van der Waals surface area (Å²) in [7, 11) is -2.61. The van der Waals surface area contributed by atoms with Crippen LogP contribution in [-0.4, -0.2) is 55.9 Å². The van der Waals surface area contributed by atoms with Crippen LogP contribution in [0.1, 0.15) is 64.1 Å². The summed E-state index contributed by atoms with van der Waals surface area (Å²) in [6, 6.07) is 25.8. The molecular formula is C37H46N2O5Si. The van der Waals surface area contributed by atoms with Crippen molar-refractivity contribution < 1.29 is 23.6 Å². The summed E-state index contributed by atoms with van der Waals surface area (Å²) in [5.74, 6) is 1.35. The van der Waals surface area contributed by atoms with Crippen molar-refractivity contribution in [2.45, 2.75) is 71.3 Å². The molecule has 0 spiro atoms. The number of likely N-dealkylation sites (tertiary alicyclic amines) is 1. The Labute approximate surface area is 267 Å². The topological polar surface area (TPSA) is 85.0 Å². The van der Waals surface area contributed by atoms with Crippen LogP contribution >= 0.6 is 0 Å². The van der Waals surface area contributed by atoms with E-state index in [1.807, 2.05) is 6.92 Å². The molecule has 238 valence electrons. The lowest BCUT2D eigenvalue weighted by Gasteiger charge is -2.43. The Morgan fingerprint density at radius 1 is 0.978 bits per heavy atom. The molecule has 3 aromatic carbocycles. The first-order valence-corrected chi connectivity index (χ1v) is 18.3. The number of hydrogen-bond donors (Lipinski definition) is 1. The van der Waals surface area contributed by atoms with E-state index in [0.29, 0.717) is 32.2 Å². The molecule has 4 aromatic rings. The Hall–Kier alpha value is -3.62. The Bertz CT molecular complexity index is 1560. The molecule has 2 aliphatic rings. The van der Waals surface area contributed by atoms with Gasteiger partial charge < -0.3 is 23.7 Å². The van der Waals surface area contributed by atoms with Gasteiger partial charge in [0.05, 0.1) is 12.3 Å². The summed E-state index contributed by atoms with van der Waals surface area (Å²) in [5.41, 5.74) is 2.73. The fourth-order valence-corrected chi connectivity index (χ4v) is 11.7. The molecule has 1 N–H and O–H groups in total. The quantitative estimate of drug-likeness (QED) is 0.177. The molecule has 1 aliphatic heterocycles. The van der Waals surface area contributed by atoms with E-state index in [4.69, 9.17) is 13.7 Å².